The van der Waals surface area contributed by atoms with Crippen LogP contribution in [-0.4, -0.2) is 11.3 Å². The van der Waals surface area contributed by atoms with Crippen molar-refractivity contribution >= 4 is 44.9 Å². The molecule has 0 saturated heterocycles. The van der Waals surface area contributed by atoms with E-state index in [2.05, 4.69) is 138 Å². The zero-order chi connectivity index (χ0) is 27.6. The molecule has 10 rings (SSSR count). The highest BCUT2D eigenvalue weighted by Crippen LogP contribution is 2.49. The first-order valence-corrected chi connectivity index (χ1v) is 14.7. The van der Waals surface area contributed by atoms with Crippen LogP contribution in [0.25, 0.3) is 27.5 Å². The van der Waals surface area contributed by atoms with Gasteiger partial charge in [0.15, 0.2) is 0 Å². The average Bonchev–Trinajstić information content (AvgIpc) is 3.40. The lowest BCUT2D eigenvalue weighted by molar-refractivity contribution is 0.748. The van der Waals surface area contributed by atoms with Gasteiger partial charge in [0.05, 0.1) is 22.2 Å². The lowest BCUT2D eigenvalue weighted by atomic mass is 9.27. The summed E-state index contributed by atoms with van der Waals surface area (Å²) in [5.74, 6) is 0. The van der Waals surface area contributed by atoms with Gasteiger partial charge in [-0.15, -0.1) is 0 Å². The van der Waals surface area contributed by atoms with Crippen LogP contribution in [0.4, 0.5) is 0 Å². The Labute approximate surface area is 244 Å². The van der Waals surface area contributed by atoms with Crippen LogP contribution in [0.2, 0.25) is 0 Å². The number of hydrogen-bond acceptors (Lipinski definition) is 1. The van der Waals surface area contributed by atoms with Gasteiger partial charge < -0.3 is 4.57 Å². The van der Waals surface area contributed by atoms with Crippen molar-refractivity contribution in [2.75, 3.05) is 0 Å². The fourth-order valence-corrected chi connectivity index (χ4v) is 8.78. The molecule has 42 heavy (non-hydrogen) atoms. The van der Waals surface area contributed by atoms with Gasteiger partial charge in [0.2, 0.25) is 6.71 Å². The molecule has 1 aromatic heterocycles. The molecule has 0 spiro atoms. The second kappa shape index (κ2) is 7.69. The maximum Gasteiger partial charge on any atom is 0.248 e. The highest BCUT2D eigenvalue weighted by Gasteiger charge is 2.53. The molecule has 3 heteroatoms. The molecular formula is C39H23BN2. The summed E-state index contributed by atoms with van der Waals surface area (Å²) in [5.41, 5.74) is 15.7. The normalized spacial score (nSPS) is 14.7. The number of para-hydroxylation sites is 1. The Balaban J connectivity index is 1.51. The fourth-order valence-electron chi connectivity index (χ4n) is 8.78. The van der Waals surface area contributed by atoms with Crippen LogP contribution in [0, 0.1) is 11.3 Å². The van der Waals surface area contributed by atoms with Gasteiger partial charge in [0, 0.05) is 16.3 Å². The zero-order valence-electron chi connectivity index (χ0n) is 22.8. The fraction of sp³-hybridized carbons (Fsp3) is 0.0513. The van der Waals surface area contributed by atoms with Crippen LogP contribution in [0.5, 0.6) is 0 Å². The molecule has 2 nitrogen and oxygen atoms in total. The number of nitriles is 1. The third kappa shape index (κ3) is 2.41. The van der Waals surface area contributed by atoms with E-state index in [1.165, 1.54) is 71.6 Å². The SMILES string of the molecule is N#Cc1ccc2c3c1-n1c4ccccc4c4ccc5c(c41)B3c1c(cccc1C2(c1ccccc1)c1ccccc1)C5. The molecule has 0 bridgehead atoms. The van der Waals surface area contributed by atoms with E-state index in [1.54, 1.807) is 0 Å². The molecule has 192 valence electrons. The molecule has 0 amide bonds. The second-order valence-corrected chi connectivity index (χ2v) is 11.9. The maximum absolute atomic E-state index is 10.6. The quantitative estimate of drug-likeness (QED) is 0.249. The molecule has 0 atom stereocenters. The van der Waals surface area contributed by atoms with E-state index in [-0.39, 0.29) is 6.71 Å². The number of rotatable bonds is 2. The smallest absolute Gasteiger partial charge is 0.248 e. The Morgan fingerprint density at radius 2 is 1.29 bits per heavy atom. The molecule has 0 fully saturated rings. The Kier molecular flexibility index (Phi) is 4.10. The van der Waals surface area contributed by atoms with Crippen molar-refractivity contribution in [3.63, 3.8) is 0 Å². The number of benzene rings is 6. The van der Waals surface area contributed by atoms with Gasteiger partial charge in [-0.3, -0.25) is 0 Å². The first-order chi connectivity index (χ1) is 20.8. The highest BCUT2D eigenvalue weighted by atomic mass is 15.0. The van der Waals surface area contributed by atoms with Crippen molar-refractivity contribution in [3.05, 3.63) is 166 Å². The van der Waals surface area contributed by atoms with Gasteiger partial charge in [0.25, 0.3) is 0 Å². The summed E-state index contributed by atoms with van der Waals surface area (Å²) in [6, 6.07) is 49.3. The summed E-state index contributed by atoms with van der Waals surface area (Å²) in [6.07, 6.45) is 0.911. The van der Waals surface area contributed by atoms with Crippen LogP contribution in [-0.2, 0) is 11.8 Å². The van der Waals surface area contributed by atoms with Crippen LogP contribution in [0.1, 0.15) is 38.9 Å². The predicted molar refractivity (Wildman–Crippen MR) is 171 cm³/mol. The minimum Gasteiger partial charge on any atom is -0.309 e. The molecule has 0 aliphatic carbocycles. The lowest BCUT2D eigenvalue weighted by Gasteiger charge is -2.48. The molecule has 7 aromatic rings. The Hall–Kier alpha value is -5.33. The zero-order valence-corrected chi connectivity index (χ0v) is 22.8. The summed E-state index contributed by atoms with van der Waals surface area (Å²) in [5, 5.41) is 13.2. The van der Waals surface area contributed by atoms with Gasteiger partial charge in [-0.2, -0.15) is 5.26 Å². The van der Waals surface area contributed by atoms with Gasteiger partial charge in [-0.05, 0) is 62.9 Å². The molecule has 0 N–H and O–H groups in total. The highest BCUT2D eigenvalue weighted by molar-refractivity contribution is 7.00. The van der Waals surface area contributed by atoms with E-state index >= 15 is 0 Å². The van der Waals surface area contributed by atoms with E-state index in [0.717, 1.165) is 17.7 Å². The Bertz CT molecular complexity index is 2300. The van der Waals surface area contributed by atoms with Crippen molar-refractivity contribution in [1.29, 1.82) is 5.26 Å². The number of aromatic nitrogens is 1. The molecule has 3 aliphatic rings. The van der Waals surface area contributed by atoms with Gasteiger partial charge >= 0.3 is 0 Å². The first kappa shape index (κ1) is 22.4. The van der Waals surface area contributed by atoms with Crippen LogP contribution in [0.3, 0.4) is 0 Å². The molecule has 0 unspecified atom stereocenters. The van der Waals surface area contributed by atoms with E-state index in [4.69, 9.17) is 0 Å². The maximum atomic E-state index is 10.6. The lowest BCUT2D eigenvalue weighted by Crippen LogP contribution is -2.67. The minimum absolute atomic E-state index is 0.0827. The minimum atomic E-state index is -0.520. The summed E-state index contributed by atoms with van der Waals surface area (Å²) in [7, 11) is 0. The molecule has 0 radical (unpaired) electrons. The van der Waals surface area contributed by atoms with Crippen molar-refractivity contribution in [3.8, 4) is 11.8 Å². The molecule has 0 saturated carbocycles. The van der Waals surface area contributed by atoms with Crippen LogP contribution >= 0.6 is 0 Å². The topological polar surface area (TPSA) is 28.7 Å². The van der Waals surface area contributed by atoms with Crippen molar-refractivity contribution < 1.29 is 0 Å². The number of hydrogen-bond donors (Lipinski definition) is 0. The molecule has 6 aromatic carbocycles. The van der Waals surface area contributed by atoms with E-state index in [0.29, 0.717) is 0 Å². The molecular weight excluding hydrogens is 507 g/mol. The van der Waals surface area contributed by atoms with Gasteiger partial charge in [-0.1, -0.05) is 121 Å². The predicted octanol–water partition coefficient (Wildman–Crippen LogP) is 6.09. The van der Waals surface area contributed by atoms with E-state index < -0.39 is 5.41 Å². The summed E-state index contributed by atoms with van der Waals surface area (Å²) >= 11 is 0. The molecule has 4 heterocycles. The van der Waals surface area contributed by atoms with Gasteiger partial charge in [-0.25, -0.2) is 0 Å². The third-order valence-corrected chi connectivity index (χ3v) is 10.2. The van der Waals surface area contributed by atoms with Crippen molar-refractivity contribution in [2.45, 2.75) is 11.8 Å². The monoisotopic (exact) mass is 530 g/mol. The van der Waals surface area contributed by atoms with Crippen LogP contribution in [0.15, 0.2) is 127 Å². The summed E-state index contributed by atoms with van der Waals surface area (Å²) < 4.78 is 2.43. The first-order valence-electron chi connectivity index (χ1n) is 14.7. The number of nitrogens with zero attached hydrogens (tertiary/aromatic N) is 2. The van der Waals surface area contributed by atoms with E-state index in [1.807, 2.05) is 0 Å². The largest absolute Gasteiger partial charge is 0.309 e. The van der Waals surface area contributed by atoms with Crippen molar-refractivity contribution in [2.24, 2.45) is 0 Å². The Morgan fingerprint density at radius 3 is 2.05 bits per heavy atom. The Morgan fingerprint density at radius 1 is 0.595 bits per heavy atom. The van der Waals surface area contributed by atoms with E-state index in [9.17, 15) is 5.26 Å². The standard InChI is InChI=1S/C39H23BN2/c41-23-26-19-21-32-36-37(26)42-33-17-8-7-15-29(33)30-20-18-25-22-24-10-9-16-31(34(24)40(36)35(25)38(30)42)39(32,27-11-3-1-4-12-27)28-13-5-2-6-14-28/h1-21H,22H2. The van der Waals surface area contributed by atoms with Crippen molar-refractivity contribution in [1.82, 2.24) is 4.57 Å². The number of fused-ring (bicyclic) bond motifs is 4. The third-order valence-electron chi connectivity index (χ3n) is 10.2. The summed E-state index contributed by atoms with van der Waals surface area (Å²) in [6.45, 7) is 0.0827. The van der Waals surface area contributed by atoms with Gasteiger partial charge in [0.1, 0.15) is 6.07 Å². The average molecular weight is 530 g/mol. The van der Waals surface area contributed by atoms with Crippen LogP contribution < -0.4 is 16.4 Å². The molecule has 3 aliphatic heterocycles. The second-order valence-electron chi connectivity index (χ2n) is 11.9. The summed E-state index contributed by atoms with van der Waals surface area (Å²) in [4.78, 5) is 0.